The first-order valence-electron chi connectivity index (χ1n) is 12.3. The van der Waals surface area contributed by atoms with Gasteiger partial charge in [-0.15, -0.1) is 0 Å². The lowest BCUT2D eigenvalue weighted by Gasteiger charge is -2.35. The molecule has 7 heteroatoms. The fourth-order valence-electron chi connectivity index (χ4n) is 4.84. The summed E-state index contributed by atoms with van der Waals surface area (Å²) >= 11 is 0. The van der Waals surface area contributed by atoms with Crippen LogP contribution in [0.4, 0.5) is 5.69 Å². The molecule has 36 heavy (non-hydrogen) atoms. The Balaban J connectivity index is 1.53. The molecule has 0 aromatic heterocycles. The largest absolute Gasteiger partial charge is 0.497 e. The van der Waals surface area contributed by atoms with Gasteiger partial charge in [0, 0.05) is 11.7 Å². The predicted molar refractivity (Wildman–Crippen MR) is 136 cm³/mol. The molecular weight excluding hydrogens is 456 g/mol. The molecule has 0 saturated heterocycles. The average molecular weight is 487 g/mol. The second-order valence-electron chi connectivity index (χ2n) is 9.07. The van der Waals surface area contributed by atoms with Crippen molar-refractivity contribution in [2.75, 3.05) is 18.6 Å². The number of para-hydroxylation sites is 3. The third-order valence-corrected chi connectivity index (χ3v) is 6.70. The van der Waals surface area contributed by atoms with Crippen molar-refractivity contribution in [2.45, 2.75) is 43.9 Å². The van der Waals surface area contributed by atoms with E-state index in [9.17, 15) is 9.59 Å². The van der Waals surface area contributed by atoms with Crippen LogP contribution in [0.2, 0.25) is 0 Å². The zero-order valence-corrected chi connectivity index (χ0v) is 20.3. The Labute approximate surface area is 211 Å². The SMILES string of the molecule is COc1ccc(C(C(=O)NC2CCCC2)N(C(=O)C2COc3ccccc3O2)c2ccccc2)cc1. The summed E-state index contributed by atoms with van der Waals surface area (Å²) in [7, 11) is 1.59. The molecule has 1 aliphatic heterocycles. The van der Waals surface area contributed by atoms with Crippen LogP contribution in [0.15, 0.2) is 78.9 Å². The van der Waals surface area contributed by atoms with Crippen molar-refractivity contribution in [3.63, 3.8) is 0 Å². The van der Waals surface area contributed by atoms with Gasteiger partial charge in [-0.05, 0) is 54.8 Å². The Morgan fingerprint density at radius 2 is 1.58 bits per heavy atom. The predicted octanol–water partition coefficient (Wildman–Crippen LogP) is 4.67. The summed E-state index contributed by atoms with van der Waals surface area (Å²) in [6, 6.07) is 23.0. The molecule has 5 rings (SSSR count). The Hall–Kier alpha value is -4.00. The van der Waals surface area contributed by atoms with Crippen molar-refractivity contribution in [3.05, 3.63) is 84.4 Å². The minimum Gasteiger partial charge on any atom is -0.497 e. The van der Waals surface area contributed by atoms with Gasteiger partial charge < -0.3 is 19.5 Å². The van der Waals surface area contributed by atoms with E-state index < -0.39 is 12.1 Å². The van der Waals surface area contributed by atoms with Gasteiger partial charge in [-0.1, -0.05) is 55.3 Å². The average Bonchev–Trinajstić information content (AvgIpc) is 3.44. The van der Waals surface area contributed by atoms with Crippen LogP contribution in [0, 0.1) is 0 Å². The number of nitrogens with one attached hydrogen (secondary N) is 1. The number of nitrogens with zero attached hydrogens (tertiary/aromatic N) is 1. The van der Waals surface area contributed by atoms with Crippen LogP contribution in [0.25, 0.3) is 0 Å². The quantitative estimate of drug-likeness (QED) is 0.525. The van der Waals surface area contributed by atoms with E-state index in [-0.39, 0.29) is 24.5 Å². The van der Waals surface area contributed by atoms with Crippen LogP contribution >= 0.6 is 0 Å². The van der Waals surface area contributed by atoms with Crippen molar-refractivity contribution in [3.8, 4) is 17.2 Å². The van der Waals surface area contributed by atoms with Crippen LogP contribution < -0.4 is 24.4 Å². The highest BCUT2D eigenvalue weighted by Crippen LogP contribution is 2.35. The van der Waals surface area contributed by atoms with E-state index in [1.54, 1.807) is 31.4 Å². The first-order valence-corrected chi connectivity index (χ1v) is 12.3. The number of methoxy groups -OCH3 is 1. The molecule has 2 unspecified atom stereocenters. The molecular formula is C29H30N2O5. The lowest BCUT2D eigenvalue weighted by atomic mass is 10.0. The minimum absolute atomic E-state index is 0.0543. The Morgan fingerprint density at radius 1 is 0.917 bits per heavy atom. The smallest absolute Gasteiger partial charge is 0.272 e. The topological polar surface area (TPSA) is 77.1 Å². The molecule has 2 amide bonds. The number of benzene rings is 3. The summed E-state index contributed by atoms with van der Waals surface area (Å²) < 4.78 is 17.2. The number of rotatable bonds is 7. The monoisotopic (exact) mass is 486 g/mol. The highest BCUT2D eigenvalue weighted by atomic mass is 16.6. The van der Waals surface area contributed by atoms with Crippen molar-refractivity contribution in [1.82, 2.24) is 5.32 Å². The summed E-state index contributed by atoms with van der Waals surface area (Å²) in [6.45, 7) is 0.0543. The van der Waals surface area contributed by atoms with Crippen LogP contribution in [0.5, 0.6) is 17.2 Å². The summed E-state index contributed by atoms with van der Waals surface area (Å²) in [5.41, 5.74) is 1.29. The van der Waals surface area contributed by atoms with E-state index in [0.717, 1.165) is 25.7 Å². The number of carbonyl (C=O) groups excluding carboxylic acids is 2. The van der Waals surface area contributed by atoms with E-state index in [2.05, 4.69) is 5.32 Å². The van der Waals surface area contributed by atoms with E-state index >= 15 is 0 Å². The van der Waals surface area contributed by atoms with Gasteiger partial charge in [0.25, 0.3) is 5.91 Å². The highest BCUT2D eigenvalue weighted by Gasteiger charge is 2.39. The van der Waals surface area contributed by atoms with Crippen LogP contribution in [0.1, 0.15) is 37.3 Å². The number of fused-ring (bicyclic) bond motifs is 1. The molecule has 3 aromatic rings. The molecule has 2 aliphatic rings. The molecule has 1 N–H and O–H groups in total. The first-order chi connectivity index (χ1) is 17.6. The minimum atomic E-state index is -0.903. The van der Waals surface area contributed by atoms with E-state index in [0.29, 0.717) is 28.5 Å². The zero-order valence-electron chi connectivity index (χ0n) is 20.3. The first kappa shape index (κ1) is 23.7. The molecule has 1 saturated carbocycles. The fraction of sp³-hybridized carbons (Fsp3) is 0.310. The van der Waals surface area contributed by atoms with E-state index in [4.69, 9.17) is 14.2 Å². The number of amides is 2. The van der Waals surface area contributed by atoms with E-state index in [1.807, 2.05) is 54.6 Å². The summed E-state index contributed by atoms with van der Waals surface area (Å²) in [4.78, 5) is 29.5. The van der Waals surface area contributed by atoms with Gasteiger partial charge in [-0.2, -0.15) is 0 Å². The van der Waals surface area contributed by atoms with Gasteiger partial charge >= 0.3 is 0 Å². The lowest BCUT2D eigenvalue weighted by Crippen LogP contribution is -2.52. The second-order valence-corrected chi connectivity index (χ2v) is 9.07. The maximum Gasteiger partial charge on any atom is 0.272 e. The number of hydrogen-bond donors (Lipinski definition) is 1. The van der Waals surface area contributed by atoms with Gasteiger partial charge in [0.2, 0.25) is 12.0 Å². The Morgan fingerprint density at radius 3 is 2.28 bits per heavy atom. The maximum atomic E-state index is 14.1. The Kier molecular flexibility index (Phi) is 7.07. The lowest BCUT2D eigenvalue weighted by molar-refractivity contribution is -0.132. The molecule has 2 atom stereocenters. The van der Waals surface area contributed by atoms with Crippen molar-refractivity contribution >= 4 is 17.5 Å². The maximum absolute atomic E-state index is 14.1. The van der Waals surface area contributed by atoms with Gasteiger partial charge in [0.15, 0.2) is 11.5 Å². The summed E-state index contributed by atoms with van der Waals surface area (Å²) in [6.07, 6.45) is 3.16. The van der Waals surface area contributed by atoms with Gasteiger partial charge in [0.05, 0.1) is 7.11 Å². The summed E-state index contributed by atoms with van der Waals surface area (Å²) in [5, 5.41) is 3.19. The normalized spacial score (nSPS) is 17.8. The van der Waals surface area contributed by atoms with Crippen molar-refractivity contribution in [1.29, 1.82) is 0 Å². The third kappa shape index (κ3) is 5.00. The molecule has 3 aromatic carbocycles. The fourth-order valence-corrected chi connectivity index (χ4v) is 4.84. The zero-order chi connectivity index (χ0) is 24.9. The number of carbonyl (C=O) groups is 2. The molecule has 1 heterocycles. The third-order valence-electron chi connectivity index (χ3n) is 6.70. The molecule has 186 valence electrons. The second kappa shape index (κ2) is 10.7. The van der Waals surface area contributed by atoms with Crippen LogP contribution in [-0.2, 0) is 9.59 Å². The molecule has 1 fully saturated rings. The molecule has 7 nitrogen and oxygen atoms in total. The van der Waals surface area contributed by atoms with Crippen LogP contribution in [0.3, 0.4) is 0 Å². The number of anilines is 1. The van der Waals surface area contributed by atoms with Crippen LogP contribution in [-0.4, -0.2) is 37.7 Å². The van der Waals surface area contributed by atoms with E-state index in [1.165, 1.54) is 4.90 Å². The molecule has 0 bridgehead atoms. The number of hydrogen-bond acceptors (Lipinski definition) is 5. The van der Waals surface area contributed by atoms with Gasteiger partial charge in [-0.3, -0.25) is 14.5 Å². The van der Waals surface area contributed by atoms with Crippen molar-refractivity contribution in [2.24, 2.45) is 0 Å². The van der Waals surface area contributed by atoms with Gasteiger partial charge in [0.1, 0.15) is 18.4 Å². The molecule has 0 spiro atoms. The van der Waals surface area contributed by atoms with Crippen molar-refractivity contribution < 1.29 is 23.8 Å². The number of ether oxygens (including phenoxy) is 3. The standard InChI is InChI=1S/C29H30N2O5/c1-34-23-17-15-20(16-18-23)27(28(32)30-21-9-5-6-10-21)31(22-11-3-2-4-12-22)29(33)26-19-35-24-13-7-8-14-25(24)36-26/h2-4,7-8,11-18,21,26-27H,5-6,9-10,19H2,1H3,(H,30,32). The molecule has 0 radical (unpaired) electrons. The molecule has 1 aliphatic carbocycles. The Bertz CT molecular complexity index is 1190. The summed E-state index contributed by atoms with van der Waals surface area (Å²) in [5.74, 6) is 1.21. The highest BCUT2D eigenvalue weighted by molar-refractivity contribution is 6.03. The van der Waals surface area contributed by atoms with Gasteiger partial charge in [-0.25, -0.2) is 0 Å².